The van der Waals surface area contributed by atoms with Gasteiger partial charge in [-0.15, -0.1) is 0 Å². The molecule has 1 fully saturated rings. The van der Waals surface area contributed by atoms with Gasteiger partial charge in [0.15, 0.2) is 5.82 Å². The monoisotopic (exact) mass is 571 g/mol. The van der Waals surface area contributed by atoms with Crippen molar-refractivity contribution in [3.05, 3.63) is 90.3 Å². The third-order valence-electron chi connectivity index (χ3n) is 7.92. The first-order valence-corrected chi connectivity index (χ1v) is 14.3. The molecule has 8 nitrogen and oxygen atoms in total. The Labute approximate surface area is 244 Å². The van der Waals surface area contributed by atoms with Crippen molar-refractivity contribution in [1.82, 2.24) is 24.5 Å². The number of anilines is 2. The normalized spacial score (nSPS) is 20.9. The van der Waals surface area contributed by atoms with E-state index in [1.165, 1.54) is 10.1 Å². The smallest absolute Gasteiger partial charge is 0.296 e. The highest BCUT2D eigenvalue weighted by Gasteiger charge is 2.38. The highest BCUT2D eigenvalue weighted by Crippen LogP contribution is 2.46. The number of ether oxygens (including phenoxy) is 1. The van der Waals surface area contributed by atoms with E-state index in [4.69, 9.17) is 14.7 Å². The van der Waals surface area contributed by atoms with E-state index in [0.29, 0.717) is 49.2 Å². The molecule has 2 atom stereocenters. The molecular weight excluding hydrogens is 536 g/mol. The molecule has 1 saturated heterocycles. The fraction of sp³-hybridized carbons (Fsp3) is 0.375. The zero-order chi connectivity index (χ0) is 29.3. The summed E-state index contributed by atoms with van der Waals surface area (Å²) in [5.74, 6) is 0.613. The molecule has 42 heavy (non-hydrogen) atoms. The number of hydrogen-bond acceptors (Lipinski definition) is 7. The Hall–Kier alpha value is -4.18. The van der Waals surface area contributed by atoms with Gasteiger partial charge in [-0.3, -0.25) is 4.57 Å². The van der Waals surface area contributed by atoms with E-state index < -0.39 is 17.8 Å². The van der Waals surface area contributed by atoms with E-state index in [9.17, 15) is 8.78 Å². The second-order valence-corrected chi connectivity index (χ2v) is 11.8. The van der Waals surface area contributed by atoms with Gasteiger partial charge in [-0.1, -0.05) is 73.7 Å². The van der Waals surface area contributed by atoms with Gasteiger partial charge in [0.25, 0.3) is 6.43 Å². The van der Waals surface area contributed by atoms with Crippen molar-refractivity contribution in [2.24, 2.45) is 5.41 Å². The molecule has 0 amide bonds. The summed E-state index contributed by atoms with van der Waals surface area (Å²) in [6.07, 6.45) is 6.66. The van der Waals surface area contributed by atoms with Crippen LogP contribution in [-0.2, 0) is 4.74 Å². The number of fused-ring (bicyclic) bond motifs is 1. The van der Waals surface area contributed by atoms with Crippen molar-refractivity contribution in [3.63, 3.8) is 0 Å². The second kappa shape index (κ2) is 11.2. The first-order chi connectivity index (χ1) is 20.2. The van der Waals surface area contributed by atoms with Crippen LogP contribution in [0.2, 0.25) is 0 Å². The molecule has 2 aromatic heterocycles. The van der Waals surface area contributed by atoms with Gasteiger partial charge in [-0.25, -0.2) is 13.8 Å². The number of para-hydroxylation sites is 2. The molecule has 0 saturated carbocycles. The van der Waals surface area contributed by atoms with Crippen LogP contribution in [0.15, 0.2) is 78.9 Å². The van der Waals surface area contributed by atoms with Crippen molar-refractivity contribution in [3.8, 4) is 5.95 Å². The quantitative estimate of drug-likeness (QED) is 0.259. The maximum absolute atomic E-state index is 14.2. The van der Waals surface area contributed by atoms with Crippen LogP contribution in [0.5, 0.6) is 0 Å². The SMILES string of the molecule is CC(C)(CC1(C)C=CC=CC1c1ccccc1)Nc1nc(N2CCOCC2)nc(-n2c(C(F)F)nc3ccccc32)n1. The molecule has 1 aliphatic heterocycles. The van der Waals surface area contributed by atoms with E-state index in [2.05, 4.69) is 84.6 Å². The molecule has 1 aliphatic carbocycles. The Morgan fingerprint density at radius 3 is 2.43 bits per heavy atom. The number of rotatable bonds is 8. The Bertz CT molecular complexity index is 1610. The third kappa shape index (κ3) is 5.63. The maximum atomic E-state index is 14.2. The van der Waals surface area contributed by atoms with Gasteiger partial charge >= 0.3 is 0 Å². The van der Waals surface area contributed by atoms with Crippen molar-refractivity contribution in [2.45, 2.75) is 45.1 Å². The van der Waals surface area contributed by atoms with E-state index >= 15 is 0 Å². The number of halogens is 2. The molecule has 2 aliphatic rings. The highest BCUT2D eigenvalue weighted by molar-refractivity contribution is 5.77. The standard InChI is InChI=1S/C32H35F2N7O/c1-31(2,21-32(3)16-10-9-13-23(32)22-11-5-4-6-12-22)39-28-36-29(40-17-19-42-20-18-40)38-30(37-28)41-25-15-8-7-14-24(25)35-27(41)26(33)34/h4-16,23,26H,17-21H2,1-3H3,(H,36,37,38,39). The van der Waals surface area contributed by atoms with Crippen LogP contribution in [0.4, 0.5) is 20.7 Å². The van der Waals surface area contributed by atoms with Gasteiger partial charge in [0.1, 0.15) is 0 Å². The molecule has 4 aromatic rings. The Morgan fingerprint density at radius 2 is 1.67 bits per heavy atom. The number of morpholine rings is 1. The lowest BCUT2D eigenvalue weighted by Crippen LogP contribution is -2.41. The van der Waals surface area contributed by atoms with E-state index in [0.717, 1.165) is 6.42 Å². The van der Waals surface area contributed by atoms with Gasteiger partial charge in [0.05, 0.1) is 24.2 Å². The minimum absolute atomic E-state index is 0.0997. The van der Waals surface area contributed by atoms with Gasteiger partial charge < -0.3 is 15.0 Å². The van der Waals surface area contributed by atoms with Crippen LogP contribution in [0.3, 0.4) is 0 Å². The van der Waals surface area contributed by atoms with Crippen molar-refractivity contribution < 1.29 is 13.5 Å². The highest BCUT2D eigenvalue weighted by atomic mass is 19.3. The van der Waals surface area contributed by atoms with Crippen LogP contribution in [0, 0.1) is 5.41 Å². The van der Waals surface area contributed by atoms with Gasteiger partial charge in [-0.2, -0.15) is 15.0 Å². The molecule has 0 bridgehead atoms. The lowest BCUT2D eigenvalue weighted by atomic mass is 9.65. The molecule has 6 rings (SSSR count). The van der Waals surface area contributed by atoms with Crippen LogP contribution in [0.25, 0.3) is 17.0 Å². The van der Waals surface area contributed by atoms with E-state index in [-0.39, 0.29) is 17.3 Å². The van der Waals surface area contributed by atoms with Crippen molar-refractivity contribution in [1.29, 1.82) is 0 Å². The lowest BCUT2D eigenvalue weighted by molar-refractivity contribution is 0.122. The average molecular weight is 572 g/mol. The summed E-state index contributed by atoms with van der Waals surface area (Å²) >= 11 is 0. The summed E-state index contributed by atoms with van der Waals surface area (Å²) in [5, 5.41) is 3.54. The number of imidazole rings is 1. The summed E-state index contributed by atoms with van der Waals surface area (Å²) in [6.45, 7) is 8.73. The summed E-state index contributed by atoms with van der Waals surface area (Å²) in [5.41, 5.74) is 1.54. The minimum Gasteiger partial charge on any atom is -0.378 e. The van der Waals surface area contributed by atoms with E-state index in [1.54, 1.807) is 24.3 Å². The number of hydrogen-bond donors (Lipinski definition) is 1. The molecule has 218 valence electrons. The Balaban J connectivity index is 1.38. The van der Waals surface area contributed by atoms with Crippen LogP contribution < -0.4 is 10.2 Å². The largest absolute Gasteiger partial charge is 0.378 e. The van der Waals surface area contributed by atoms with Crippen LogP contribution in [-0.4, -0.2) is 56.3 Å². The number of nitrogens with one attached hydrogen (secondary N) is 1. The zero-order valence-corrected chi connectivity index (χ0v) is 24.0. The van der Waals surface area contributed by atoms with Crippen LogP contribution in [0.1, 0.15) is 50.9 Å². The lowest BCUT2D eigenvalue weighted by Gasteiger charge is -2.42. The Kier molecular flexibility index (Phi) is 7.49. The number of nitrogens with zero attached hydrogens (tertiary/aromatic N) is 6. The zero-order valence-electron chi connectivity index (χ0n) is 24.0. The van der Waals surface area contributed by atoms with Crippen molar-refractivity contribution in [2.75, 3.05) is 36.5 Å². The topological polar surface area (TPSA) is 81.0 Å². The second-order valence-electron chi connectivity index (χ2n) is 11.8. The molecule has 2 unspecified atom stereocenters. The first kappa shape index (κ1) is 28.0. The summed E-state index contributed by atoms with van der Waals surface area (Å²) in [6, 6.07) is 17.5. The predicted octanol–water partition coefficient (Wildman–Crippen LogP) is 6.48. The fourth-order valence-electron chi connectivity index (χ4n) is 6.21. The van der Waals surface area contributed by atoms with Gasteiger partial charge in [0, 0.05) is 24.5 Å². The molecule has 10 heteroatoms. The first-order valence-electron chi connectivity index (χ1n) is 14.3. The minimum atomic E-state index is -2.81. The third-order valence-corrected chi connectivity index (χ3v) is 7.92. The molecule has 0 spiro atoms. The number of benzene rings is 2. The summed E-state index contributed by atoms with van der Waals surface area (Å²) in [7, 11) is 0. The number of alkyl halides is 2. The average Bonchev–Trinajstić information content (AvgIpc) is 3.38. The van der Waals surface area contributed by atoms with Gasteiger partial charge in [-0.05, 0) is 43.4 Å². The summed E-state index contributed by atoms with van der Waals surface area (Å²) in [4.78, 5) is 20.4. The maximum Gasteiger partial charge on any atom is 0.296 e. The van der Waals surface area contributed by atoms with Crippen molar-refractivity contribution >= 4 is 22.9 Å². The Morgan fingerprint density at radius 1 is 0.952 bits per heavy atom. The molecular formula is C32H35F2N7O. The summed E-state index contributed by atoms with van der Waals surface area (Å²) < 4.78 is 35.4. The molecule has 2 aromatic carbocycles. The molecule has 1 N–H and O–H groups in total. The van der Waals surface area contributed by atoms with Crippen LogP contribution >= 0.6 is 0 Å². The molecule has 0 radical (unpaired) electrons. The van der Waals surface area contributed by atoms with E-state index in [1.807, 2.05) is 11.0 Å². The fourth-order valence-corrected chi connectivity index (χ4v) is 6.21. The number of allylic oxidation sites excluding steroid dienone is 4. The number of aromatic nitrogens is 5. The predicted molar refractivity (Wildman–Crippen MR) is 160 cm³/mol. The molecule has 3 heterocycles. The van der Waals surface area contributed by atoms with Gasteiger partial charge in [0.2, 0.25) is 17.8 Å².